The van der Waals surface area contributed by atoms with Gasteiger partial charge in [-0.1, -0.05) is 30.3 Å². The van der Waals surface area contributed by atoms with E-state index >= 15 is 0 Å². The molecule has 2 aliphatic heterocycles. The lowest BCUT2D eigenvalue weighted by atomic mass is 10.0. The quantitative estimate of drug-likeness (QED) is 0.707. The molecule has 0 spiro atoms. The molecule has 0 radical (unpaired) electrons. The van der Waals surface area contributed by atoms with Crippen LogP contribution in [0.1, 0.15) is 40.7 Å². The maximum absolute atomic E-state index is 12.5. The van der Waals surface area contributed by atoms with Gasteiger partial charge >= 0.3 is 0 Å². The molecule has 9 heteroatoms. The van der Waals surface area contributed by atoms with Crippen LogP contribution in [0, 0.1) is 0 Å². The molecule has 0 bridgehead atoms. The van der Waals surface area contributed by atoms with Crippen LogP contribution >= 0.6 is 11.8 Å². The first-order valence-electron chi connectivity index (χ1n) is 9.73. The highest BCUT2D eigenvalue weighted by Gasteiger charge is 2.34. The van der Waals surface area contributed by atoms with Gasteiger partial charge in [0.1, 0.15) is 6.26 Å². The molecule has 2 aliphatic rings. The van der Waals surface area contributed by atoms with E-state index in [1.54, 1.807) is 6.08 Å². The van der Waals surface area contributed by atoms with Crippen molar-refractivity contribution in [3.05, 3.63) is 58.6 Å². The summed E-state index contributed by atoms with van der Waals surface area (Å²) in [6, 6.07) is 9.33. The summed E-state index contributed by atoms with van der Waals surface area (Å²) in [5.41, 5.74) is 1.04. The molecule has 0 unspecified atom stereocenters. The summed E-state index contributed by atoms with van der Waals surface area (Å²) in [4.78, 5) is 42.8. The van der Waals surface area contributed by atoms with Crippen molar-refractivity contribution in [1.82, 2.24) is 15.2 Å². The highest BCUT2D eigenvalue weighted by molar-refractivity contribution is 8.18. The van der Waals surface area contributed by atoms with Crippen molar-refractivity contribution in [2.45, 2.75) is 18.8 Å². The van der Waals surface area contributed by atoms with Crippen LogP contribution in [0.25, 0.3) is 6.08 Å². The van der Waals surface area contributed by atoms with E-state index in [1.165, 1.54) is 6.26 Å². The molecule has 8 nitrogen and oxygen atoms in total. The maximum Gasteiger partial charge on any atom is 0.293 e. The van der Waals surface area contributed by atoms with E-state index in [9.17, 15) is 14.4 Å². The average Bonchev–Trinajstić information content (AvgIpc) is 3.36. The number of hydrogen-bond acceptors (Lipinski definition) is 7. The van der Waals surface area contributed by atoms with Crippen LogP contribution in [-0.4, -0.2) is 53.2 Å². The minimum atomic E-state index is -0.399. The fraction of sp³-hybridized carbons (Fsp3) is 0.333. The fourth-order valence-corrected chi connectivity index (χ4v) is 4.15. The van der Waals surface area contributed by atoms with Crippen molar-refractivity contribution in [2.75, 3.05) is 26.3 Å². The normalized spacial score (nSPS) is 18.9. The molecule has 3 heterocycles. The van der Waals surface area contributed by atoms with Crippen molar-refractivity contribution in [1.29, 1.82) is 0 Å². The molecule has 30 heavy (non-hydrogen) atoms. The largest absolute Gasteiger partial charge is 0.448 e. The number of oxazole rings is 1. The molecular weight excluding hydrogens is 406 g/mol. The summed E-state index contributed by atoms with van der Waals surface area (Å²) >= 11 is 0.899. The number of nitrogens with one attached hydrogen (secondary N) is 1. The monoisotopic (exact) mass is 427 g/mol. The Labute approximate surface area is 177 Å². The number of rotatable bonds is 6. The van der Waals surface area contributed by atoms with Crippen LogP contribution in [0.3, 0.4) is 0 Å². The second-order valence-corrected chi connectivity index (χ2v) is 7.95. The number of benzene rings is 1. The highest BCUT2D eigenvalue weighted by Crippen LogP contribution is 2.31. The minimum Gasteiger partial charge on any atom is -0.448 e. The third-order valence-electron chi connectivity index (χ3n) is 4.92. The van der Waals surface area contributed by atoms with Crippen molar-refractivity contribution >= 4 is 34.9 Å². The molecule has 2 aromatic rings. The molecular formula is C21H21N3O5S. The van der Waals surface area contributed by atoms with Crippen molar-refractivity contribution in [3.63, 3.8) is 0 Å². The van der Waals surface area contributed by atoms with Gasteiger partial charge in [0.25, 0.3) is 17.1 Å². The Bertz CT molecular complexity index is 966. The Balaban J connectivity index is 1.30. The number of nitrogens with zero attached hydrogens (tertiary/aromatic N) is 2. The third-order valence-corrected chi connectivity index (χ3v) is 5.82. The average molecular weight is 427 g/mol. The first kappa shape index (κ1) is 20.4. The van der Waals surface area contributed by atoms with E-state index < -0.39 is 5.91 Å². The molecule has 0 saturated carbocycles. The van der Waals surface area contributed by atoms with E-state index in [0.717, 1.165) is 35.1 Å². The standard InChI is InChI=1S/C21H21N3O5S/c25-18(16-13-29-19(23-16)15-6-10-28-11-7-15)22-8-9-24-20(26)17(30-21(24)27)12-14-4-2-1-3-5-14/h1-5,12-13,15H,6-11H2,(H,22,25)/b17-12+. The number of carbonyl (C=O) groups is 3. The Hall–Kier alpha value is -2.91. The third kappa shape index (κ3) is 4.63. The SMILES string of the molecule is O=C(NCCN1C(=O)S/C(=C/c2ccccc2)C1=O)c1coc(C2CCOCC2)n1. The predicted molar refractivity (Wildman–Crippen MR) is 111 cm³/mol. The Morgan fingerprint density at radius 1 is 1.23 bits per heavy atom. The molecule has 4 rings (SSSR count). The van der Waals surface area contributed by atoms with E-state index in [0.29, 0.717) is 24.0 Å². The van der Waals surface area contributed by atoms with Gasteiger partial charge in [0.2, 0.25) is 0 Å². The van der Waals surface area contributed by atoms with Crippen LogP contribution in [-0.2, 0) is 9.53 Å². The Morgan fingerprint density at radius 3 is 2.77 bits per heavy atom. The number of hydrogen-bond donors (Lipinski definition) is 1. The van der Waals surface area contributed by atoms with Gasteiger partial charge in [0, 0.05) is 32.2 Å². The van der Waals surface area contributed by atoms with E-state index in [4.69, 9.17) is 9.15 Å². The maximum atomic E-state index is 12.5. The number of ether oxygens (including phenoxy) is 1. The molecule has 0 atom stereocenters. The van der Waals surface area contributed by atoms with Gasteiger partial charge in [-0.25, -0.2) is 4.98 Å². The summed E-state index contributed by atoms with van der Waals surface area (Å²) in [5, 5.41) is 2.34. The zero-order valence-corrected chi connectivity index (χ0v) is 17.0. The van der Waals surface area contributed by atoms with Crippen LogP contribution in [0.4, 0.5) is 4.79 Å². The van der Waals surface area contributed by atoms with Gasteiger partial charge < -0.3 is 14.5 Å². The molecule has 2 fully saturated rings. The summed E-state index contributed by atoms with van der Waals surface area (Å²) in [5.74, 6) is -0.0531. The van der Waals surface area contributed by atoms with Crippen LogP contribution < -0.4 is 5.32 Å². The molecule has 1 aromatic heterocycles. The zero-order chi connectivity index (χ0) is 20.9. The molecule has 3 amide bonds. The molecule has 156 valence electrons. The smallest absolute Gasteiger partial charge is 0.293 e. The molecule has 2 saturated heterocycles. The summed E-state index contributed by atoms with van der Waals surface area (Å²) < 4.78 is 10.8. The minimum absolute atomic E-state index is 0.0905. The number of imide groups is 1. The summed E-state index contributed by atoms with van der Waals surface area (Å²) in [6.45, 7) is 1.54. The topological polar surface area (TPSA) is 102 Å². The summed E-state index contributed by atoms with van der Waals surface area (Å²) in [6.07, 6.45) is 4.66. The van der Waals surface area contributed by atoms with Gasteiger partial charge in [-0.05, 0) is 36.2 Å². The van der Waals surface area contributed by atoms with Gasteiger partial charge in [-0.15, -0.1) is 0 Å². The lowest BCUT2D eigenvalue weighted by Gasteiger charge is -2.18. The van der Waals surface area contributed by atoms with E-state index in [2.05, 4.69) is 10.3 Å². The first-order valence-corrected chi connectivity index (χ1v) is 10.6. The van der Waals surface area contributed by atoms with Gasteiger partial charge in [-0.2, -0.15) is 0 Å². The molecule has 1 N–H and O–H groups in total. The number of aromatic nitrogens is 1. The number of carbonyl (C=O) groups excluding carboxylic acids is 3. The Morgan fingerprint density at radius 2 is 2.00 bits per heavy atom. The number of thioether (sulfide) groups is 1. The van der Waals surface area contributed by atoms with Gasteiger partial charge in [0.15, 0.2) is 11.6 Å². The van der Waals surface area contributed by atoms with E-state index in [-0.39, 0.29) is 35.8 Å². The van der Waals surface area contributed by atoms with Crippen molar-refractivity contribution in [3.8, 4) is 0 Å². The predicted octanol–water partition coefficient (Wildman–Crippen LogP) is 3.03. The highest BCUT2D eigenvalue weighted by atomic mass is 32.2. The molecule has 0 aliphatic carbocycles. The van der Waals surface area contributed by atoms with Crippen LogP contribution in [0.2, 0.25) is 0 Å². The zero-order valence-electron chi connectivity index (χ0n) is 16.2. The van der Waals surface area contributed by atoms with Crippen molar-refractivity contribution < 1.29 is 23.5 Å². The first-order chi connectivity index (χ1) is 14.6. The number of amides is 3. The fourth-order valence-electron chi connectivity index (χ4n) is 3.29. The van der Waals surface area contributed by atoms with Gasteiger partial charge in [0.05, 0.1) is 4.91 Å². The Kier molecular flexibility index (Phi) is 6.29. The summed E-state index contributed by atoms with van der Waals surface area (Å²) in [7, 11) is 0. The van der Waals surface area contributed by atoms with E-state index in [1.807, 2.05) is 30.3 Å². The van der Waals surface area contributed by atoms with Crippen molar-refractivity contribution in [2.24, 2.45) is 0 Å². The van der Waals surface area contributed by atoms with Crippen LogP contribution in [0.5, 0.6) is 0 Å². The van der Waals surface area contributed by atoms with Crippen LogP contribution in [0.15, 0.2) is 45.9 Å². The lowest BCUT2D eigenvalue weighted by molar-refractivity contribution is -0.122. The lowest BCUT2D eigenvalue weighted by Crippen LogP contribution is -2.37. The second-order valence-electron chi connectivity index (χ2n) is 6.96. The molecule has 1 aromatic carbocycles. The van der Waals surface area contributed by atoms with Gasteiger partial charge in [-0.3, -0.25) is 19.3 Å². The second kappa shape index (κ2) is 9.27.